The van der Waals surface area contributed by atoms with Gasteiger partial charge in [-0.1, -0.05) is 121 Å². The van der Waals surface area contributed by atoms with Crippen molar-refractivity contribution in [2.45, 2.75) is 39.0 Å². The van der Waals surface area contributed by atoms with Crippen LogP contribution >= 0.6 is 0 Å². The Morgan fingerprint density at radius 1 is 0.578 bits per heavy atom. The average molecular weight is 599 g/mol. The zero-order valence-electron chi connectivity index (χ0n) is 24.8. The number of amides is 1. The van der Waals surface area contributed by atoms with Crippen molar-refractivity contribution in [3.63, 3.8) is 0 Å². The van der Waals surface area contributed by atoms with Crippen LogP contribution in [0.2, 0.25) is 0 Å². The Labute approximate surface area is 261 Å². The smallest absolute Gasteiger partial charge is 0.331 e. The lowest BCUT2D eigenvalue weighted by Crippen LogP contribution is -2.52. The summed E-state index contributed by atoms with van der Waals surface area (Å²) in [4.78, 5) is 44.7. The molecule has 1 atom stereocenters. The highest BCUT2D eigenvalue weighted by Crippen LogP contribution is 2.24. The van der Waals surface area contributed by atoms with Gasteiger partial charge >= 0.3 is 5.69 Å². The van der Waals surface area contributed by atoms with E-state index in [0.29, 0.717) is 17.7 Å². The van der Waals surface area contributed by atoms with Gasteiger partial charge in [-0.3, -0.25) is 23.6 Å². The first-order chi connectivity index (χ1) is 22.0. The van der Waals surface area contributed by atoms with Crippen LogP contribution in [0.1, 0.15) is 27.8 Å². The minimum absolute atomic E-state index is 0.00910. The van der Waals surface area contributed by atoms with Gasteiger partial charge in [-0.25, -0.2) is 4.79 Å². The molecule has 1 aliphatic rings. The minimum atomic E-state index is -1.21. The van der Waals surface area contributed by atoms with E-state index in [-0.39, 0.29) is 32.0 Å². The fourth-order valence-electron chi connectivity index (χ4n) is 5.61. The van der Waals surface area contributed by atoms with Gasteiger partial charge in [0.2, 0.25) is 6.35 Å². The number of rotatable bonds is 10. The number of carbonyl (C=O) groups excluding carboxylic acids is 1. The third kappa shape index (κ3) is 6.87. The van der Waals surface area contributed by atoms with E-state index in [1.54, 1.807) is 17.3 Å². The van der Waals surface area contributed by atoms with Crippen molar-refractivity contribution in [2.75, 3.05) is 0 Å². The second-order valence-corrected chi connectivity index (χ2v) is 11.2. The molecule has 2 heterocycles. The molecule has 5 aromatic rings. The summed E-state index contributed by atoms with van der Waals surface area (Å²) in [5.74, 6) is -0.370. The van der Waals surface area contributed by atoms with E-state index in [0.717, 1.165) is 22.3 Å². The van der Waals surface area contributed by atoms with Crippen LogP contribution in [0, 0.1) is 0 Å². The van der Waals surface area contributed by atoms with Crippen molar-refractivity contribution in [2.24, 2.45) is 0 Å². The standard InChI is InChI=1S/C37H34N4O4/c42-34-32(26-38(22-28-13-5-1-6-14-28)36(44)40(34)24-30-17-9-3-10-18-30)21-33-27-39(23-29-15-7-2-8-16-29)37(45)41(35(33)43)25-31-19-11-4-12-20-31/h1-20,26-27,36,44H,21-25H2. The number of benzene rings is 4. The van der Waals surface area contributed by atoms with Crippen LogP contribution in [-0.2, 0) is 37.4 Å². The first kappa shape index (κ1) is 29.6. The number of nitrogens with zero attached hydrogens (tertiary/aromatic N) is 4. The number of hydrogen-bond acceptors (Lipinski definition) is 5. The first-order valence-corrected chi connectivity index (χ1v) is 14.9. The highest BCUT2D eigenvalue weighted by Gasteiger charge is 2.34. The number of hydrogen-bond donors (Lipinski definition) is 1. The van der Waals surface area contributed by atoms with E-state index in [9.17, 15) is 19.5 Å². The summed E-state index contributed by atoms with van der Waals surface area (Å²) in [6, 6.07) is 38.1. The Morgan fingerprint density at radius 3 is 1.58 bits per heavy atom. The molecule has 0 aliphatic carbocycles. The van der Waals surface area contributed by atoms with Crippen molar-refractivity contribution in [3.8, 4) is 0 Å². The predicted molar refractivity (Wildman–Crippen MR) is 173 cm³/mol. The van der Waals surface area contributed by atoms with Crippen LogP contribution in [0.15, 0.2) is 149 Å². The van der Waals surface area contributed by atoms with Crippen molar-refractivity contribution < 1.29 is 9.90 Å². The largest absolute Gasteiger partial charge is 0.356 e. The number of aromatic nitrogens is 2. The SMILES string of the molecule is O=C1C(Cc2cn(Cc3ccccc3)c(=O)n(Cc3ccccc3)c2=O)=CN(Cc2ccccc2)C(O)N1Cc1ccccc1. The van der Waals surface area contributed by atoms with Gasteiger partial charge in [-0.05, 0) is 22.3 Å². The van der Waals surface area contributed by atoms with Crippen molar-refractivity contribution in [1.29, 1.82) is 0 Å². The van der Waals surface area contributed by atoms with Crippen molar-refractivity contribution >= 4 is 5.91 Å². The van der Waals surface area contributed by atoms with Gasteiger partial charge in [0, 0.05) is 36.5 Å². The Bertz CT molecular complexity index is 1900. The summed E-state index contributed by atoms with van der Waals surface area (Å²) in [7, 11) is 0. The summed E-state index contributed by atoms with van der Waals surface area (Å²) < 4.78 is 2.76. The molecule has 1 aromatic heterocycles. The van der Waals surface area contributed by atoms with Gasteiger partial charge in [-0.2, -0.15) is 0 Å². The molecular weight excluding hydrogens is 564 g/mol. The Kier molecular flexibility index (Phi) is 8.84. The van der Waals surface area contributed by atoms with Crippen molar-refractivity contribution in [1.82, 2.24) is 18.9 Å². The fourth-order valence-corrected chi connectivity index (χ4v) is 5.61. The summed E-state index contributed by atoms with van der Waals surface area (Å²) in [6.45, 7) is 0.922. The van der Waals surface area contributed by atoms with E-state index in [1.165, 1.54) is 14.0 Å². The topological polar surface area (TPSA) is 87.8 Å². The molecular formula is C37H34N4O4. The molecule has 0 saturated heterocycles. The predicted octanol–water partition coefficient (Wildman–Crippen LogP) is 4.35. The molecule has 1 N–H and O–H groups in total. The summed E-state index contributed by atoms with van der Waals surface area (Å²) in [6.07, 6.45) is 2.00. The van der Waals surface area contributed by atoms with E-state index in [2.05, 4.69) is 0 Å². The quantitative estimate of drug-likeness (QED) is 0.258. The van der Waals surface area contributed by atoms with Crippen LogP contribution in [-0.4, -0.2) is 36.3 Å². The molecule has 4 aromatic carbocycles. The molecule has 1 unspecified atom stereocenters. The Balaban J connectivity index is 1.40. The van der Waals surface area contributed by atoms with E-state index in [1.807, 2.05) is 121 Å². The Morgan fingerprint density at radius 2 is 1.04 bits per heavy atom. The van der Waals surface area contributed by atoms with Gasteiger partial charge in [0.25, 0.3) is 11.5 Å². The minimum Gasteiger partial charge on any atom is -0.356 e. The van der Waals surface area contributed by atoms with Crippen LogP contribution in [0.25, 0.3) is 0 Å². The average Bonchev–Trinajstić information content (AvgIpc) is 3.07. The van der Waals surface area contributed by atoms with Crippen LogP contribution in [0.3, 0.4) is 0 Å². The van der Waals surface area contributed by atoms with Crippen molar-refractivity contribution in [3.05, 3.63) is 188 Å². The molecule has 0 bridgehead atoms. The number of aliphatic hydroxyl groups is 1. The number of aliphatic hydroxyl groups excluding tert-OH is 1. The molecule has 1 amide bonds. The van der Waals surface area contributed by atoms with Crippen LogP contribution in [0.4, 0.5) is 0 Å². The molecule has 1 aliphatic heterocycles. The third-order valence-corrected chi connectivity index (χ3v) is 7.90. The molecule has 6 rings (SSSR count). The van der Waals surface area contributed by atoms with Gasteiger partial charge in [0.1, 0.15) is 0 Å². The third-order valence-electron chi connectivity index (χ3n) is 7.90. The van der Waals surface area contributed by atoms with E-state index >= 15 is 0 Å². The summed E-state index contributed by atoms with van der Waals surface area (Å²) in [5.41, 5.74) is 3.35. The molecule has 226 valence electrons. The maximum Gasteiger partial charge on any atom is 0.331 e. The monoisotopic (exact) mass is 598 g/mol. The summed E-state index contributed by atoms with van der Waals surface area (Å²) in [5, 5.41) is 11.4. The lowest BCUT2D eigenvalue weighted by molar-refractivity contribution is -0.157. The zero-order valence-corrected chi connectivity index (χ0v) is 24.8. The molecule has 8 heteroatoms. The normalized spacial score (nSPS) is 14.8. The molecule has 45 heavy (non-hydrogen) atoms. The molecule has 8 nitrogen and oxygen atoms in total. The maximum atomic E-state index is 14.0. The van der Waals surface area contributed by atoms with Crippen LogP contribution in [0.5, 0.6) is 0 Å². The van der Waals surface area contributed by atoms with Gasteiger partial charge in [-0.15, -0.1) is 0 Å². The maximum absolute atomic E-state index is 14.0. The zero-order chi connectivity index (χ0) is 31.2. The van der Waals surface area contributed by atoms with E-state index < -0.39 is 17.6 Å². The molecule has 0 fully saturated rings. The highest BCUT2D eigenvalue weighted by molar-refractivity contribution is 5.94. The number of carbonyl (C=O) groups is 1. The lowest BCUT2D eigenvalue weighted by Gasteiger charge is -2.40. The van der Waals surface area contributed by atoms with Gasteiger partial charge in [0.05, 0.1) is 19.6 Å². The molecule has 0 saturated carbocycles. The second-order valence-electron chi connectivity index (χ2n) is 11.2. The lowest BCUT2D eigenvalue weighted by atomic mass is 10.0. The highest BCUT2D eigenvalue weighted by atomic mass is 16.3. The first-order valence-electron chi connectivity index (χ1n) is 14.9. The fraction of sp³-hybridized carbons (Fsp3) is 0.162. The summed E-state index contributed by atoms with van der Waals surface area (Å²) >= 11 is 0. The van der Waals surface area contributed by atoms with Gasteiger partial charge < -0.3 is 10.0 Å². The van der Waals surface area contributed by atoms with Gasteiger partial charge in [0.15, 0.2) is 0 Å². The molecule has 0 radical (unpaired) electrons. The second kappa shape index (κ2) is 13.4. The van der Waals surface area contributed by atoms with Crippen LogP contribution < -0.4 is 11.2 Å². The molecule has 0 spiro atoms. The van der Waals surface area contributed by atoms with E-state index in [4.69, 9.17) is 0 Å². The Hall–Kier alpha value is -5.47.